The number of hydrazone groups is 1. The van der Waals surface area contributed by atoms with Gasteiger partial charge in [-0.3, -0.25) is 0 Å². The zero-order chi connectivity index (χ0) is 14.4. The zero-order valence-corrected chi connectivity index (χ0v) is 12.4. The summed E-state index contributed by atoms with van der Waals surface area (Å²) in [6.07, 6.45) is 1.66. The maximum atomic E-state index is 6.05. The lowest BCUT2D eigenvalue weighted by atomic mass is 10.2. The van der Waals surface area contributed by atoms with E-state index in [2.05, 4.69) is 10.5 Å². The minimum atomic E-state index is 0.570. The number of para-hydroxylation sites is 1. The van der Waals surface area contributed by atoms with Gasteiger partial charge >= 0.3 is 0 Å². The summed E-state index contributed by atoms with van der Waals surface area (Å²) in [6, 6.07) is 13.1. The number of ether oxygens (including phenoxy) is 1. The van der Waals surface area contributed by atoms with E-state index in [9.17, 15) is 0 Å². The number of hydrogen-bond acceptors (Lipinski definition) is 3. The van der Waals surface area contributed by atoms with Crippen LogP contribution in [0.3, 0.4) is 0 Å². The van der Waals surface area contributed by atoms with Crippen molar-refractivity contribution in [2.45, 2.75) is 6.54 Å². The van der Waals surface area contributed by atoms with Crippen molar-refractivity contribution in [1.82, 2.24) is 5.43 Å². The molecule has 3 nitrogen and oxygen atoms in total. The molecule has 0 saturated carbocycles. The van der Waals surface area contributed by atoms with Crippen molar-refractivity contribution in [1.29, 1.82) is 0 Å². The molecule has 2 aromatic carbocycles. The van der Waals surface area contributed by atoms with Crippen LogP contribution in [0, 0.1) is 0 Å². The molecule has 0 atom stereocenters. The molecule has 0 aliphatic carbocycles. The molecule has 2 rings (SSSR count). The highest BCUT2D eigenvalue weighted by molar-refractivity contribution is 6.36. The van der Waals surface area contributed by atoms with Crippen LogP contribution in [0.5, 0.6) is 5.75 Å². The van der Waals surface area contributed by atoms with Crippen molar-refractivity contribution in [3.05, 3.63) is 63.6 Å². The second-order valence-electron chi connectivity index (χ2n) is 4.07. The minimum Gasteiger partial charge on any atom is -0.496 e. The lowest BCUT2D eigenvalue weighted by molar-refractivity contribution is 0.408. The zero-order valence-electron chi connectivity index (χ0n) is 10.9. The molecule has 0 radical (unpaired) electrons. The van der Waals surface area contributed by atoms with Crippen LogP contribution in [0.4, 0.5) is 0 Å². The van der Waals surface area contributed by atoms with E-state index in [-0.39, 0.29) is 0 Å². The van der Waals surface area contributed by atoms with E-state index >= 15 is 0 Å². The Morgan fingerprint density at radius 1 is 1.20 bits per heavy atom. The molecule has 0 bridgehead atoms. The monoisotopic (exact) mass is 308 g/mol. The number of nitrogens with one attached hydrogen (secondary N) is 1. The topological polar surface area (TPSA) is 33.6 Å². The van der Waals surface area contributed by atoms with Crippen LogP contribution in [-0.4, -0.2) is 13.3 Å². The third-order valence-electron chi connectivity index (χ3n) is 2.72. The molecule has 1 N–H and O–H groups in total. The normalized spacial score (nSPS) is 10.8. The summed E-state index contributed by atoms with van der Waals surface area (Å²) in [7, 11) is 1.65. The largest absolute Gasteiger partial charge is 0.496 e. The Kier molecular flexibility index (Phi) is 5.27. The Morgan fingerprint density at radius 2 is 2.00 bits per heavy atom. The van der Waals surface area contributed by atoms with E-state index in [1.165, 1.54) is 0 Å². The van der Waals surface area contributed by atoms with Crippen molar-refractivity contribution >= 4 is 29.4 Å². The van der Waals surface area contributed by atoms with Crippen LogP contribution in [0.15, 0.2) is 47.6 Å². The van der Waals surface area contributed by atoms with Gasteiger partial charge in [0.25, 0.3) is 0 Å². The highest BCUT2D eigenvalue weighted by Crippen LogP contribution is 2.19. The molecule has 0 unspecified atom stereocenters. The van der Waals surface area contributed by atoms with E-state index in [0.29, 0.717) is 16.6 Å². The molecule has 0 aliphatic rings. The van der Waals surface area contributed by atoms with Gasteiger partial charge in [-0.15, -0.1) is 0 Å². The van der Waals surface area contributed by atoms with E-state index in [1.54, 1.807) is 25.5 Å². The molecule has 0 spiro atoms. The fourth-order valence-electron chi connectivity index (χ4n) is 1.70. The van der Waals surface area contributed by atoms with Crippen molar-refractivity contribution < 1.29 is 4.74 Å². The lowest BCUT2D eigenvalue weighted by Gasteiger charge is -2.07. The Hall–Kier alpha value is -1.71. The summed E-state index contributed by atoms with van der Waals surface area (Å²) in [6.45, 7) is 0.575. The Morgan fingerprint density at radius 3 is 2.75 bits per heavy atom. The predicted octanol–water partition coefficient (Wildman–Crippen LogP) is 4.13. The smallest absolute Gasteiger partial charge is 0.123 e. The van der Waals surface area contributed by atoms with E-state index in [1.807, 2.05) is 30.3 Å². The van der Waals surface area contributed by atoms with Gasteiger partial charge in [0.1, 0.15) is 5.75 Å². The molecule has 104 valence electrons. The quantitative estimate of drug-likeness (QED) is 0.665. The van der Waals surface area contributed by atoms with Gasteiger partial charge in [-0.25, -0.2) is 0 Å². The predicted molar refractivity (Wildman–Crippen MR) is 83.9 cm³/mol. The van der Waals surface area contributed by atoms with Crippen LogP contribution in [0.25, 0.3) is 0 Å². The highest BCUT2D eigenvalue weighted by atomic mass is 35.5. The average Bonchev–Trinajstić information content (AvgIpc) is 2.46. The van der Waals surface area contributed by atoms with Gasteiger partial charge in [0.15, 0.2) is 0 Å². The fraction of sp³-hybridized carbons (Fsp3) is 0.133. The van der Waals surface area contributed by atoms with Crippen LogP contribution in [0.2, 0.25) is 10.0 Å². The lowest BCUT2D eigenvalue weighted by Crippen LogP contribution is -2.06. The van der Waals surface area contributed by atoms with E-state index < -0.39 is 0 Å². The second kappa shape index (κ2) is 7.17. The molecular weight excluding hydrogens is 295 g/mol. The summed E-state index contributed by atoms with van der Waals surface area (Å²) in [5.41, 5.74) is 4.81. The number of nitrogens with zero attached hydrogens (tertiary/aromatic N) is 1. The Balaban J connectivity index is 1.97. The molecule has 0 heterocycles. The van der Waals surface area contributed by atoms with Gasteiger partial charge in [-0.05, 0) is 18.2 Å². The molecule has 5 heteroatoms. The van der Waals surface area contributed by atoms with Crippen molar-refractivity contribution in [3.63, 3.8) is 0 Å². The van der Waals surface area contributed by atoms with Crippen LogP contribution in [-0.2, 0) is 6.54 Å². The molecule has 0 amide bonds. The summed E-state index contributed by atoms with van der Waals surface area (Å²) in [4.78, 5) is 0. The standard InChI is InChI=1S/C15H14Cl2N2O/c1-20-15-5-3-2-4-12(15)10-19-18-9-11-6-7-13(16)8-14(11)17/h2-9,19H,10H2,1H3/b18-9-. The first-order chi connectivity index (χ1) is 9.70. The Bertz CT molecular complexity index is 615. The summed E-state index contributed by atoms with van der Waals surface area (Å²) in [5, 5.41) is 5.32. The van der Waals surface area contributed by atoms with Gasteiger partial charge in [0.05, 0.1) is 24.9 Å². The fourth-order valence-corrected chi connectivity index (χ4v) is 2.16. The van der Waals surface area contributed by atoms with Crippen LogP contribution >= 0.6 is 23.2 Å². The van der Waals surface area contributed by atoms with Crippen molar-refractivity contribution in [3.8, 4) is 5.75 Å². The third-order valence-corrected chi connectivity index (χ3v) is 3.28. The molecule has 2 aromatic rings. The molecule has 0 aromatic heterocycles. The number of methoxy groups -OCH3 is 1. The molecule has 0 saturated heterocycles. The first-order valence-corrected chi connectivity index (χ1v) is 6.79. The van der Waals surface area contributed by atoms with Crippen molar-refractivity contribution in [2.24, 2.45) is 5.10 Å². The number of halogens is 2. The Labute approximate surface area is 128 Å². The number of benzene rings is 2. The van der Waals surface area contributed by atoms with Crippen molar-refractivity contribution in [2.75, 3.05) is 7.11 Å². The first kappa shape index (κ1) is 14.7. The number of rotatable bonds is 5. The summed E-state index contributed by atoms with van der Waals surface area (Å²) in [5.74, 6) is 0.833. The van der Waals surface area contributed by atoms with Crippen LogP contribution < -0.4 is 10.2 Å². The SMILES string of the molecule is COc1ccccc1CN/N=C\c1ccc(Cl)cc1Cl. The molecule has 0 aliphatic heterocycles. The van der Waals surface area contributed by atoms with Gasteiger partial charge in [-0.1, -0.05) is 47.5 Å². The third kappa shape index (κ3) is 3.89. The minimum absolute atomic E-state index is 0.570. The first-order valence-electron chi connectivity index (χ1n) is 6.03. The molecular formula is C15H14Cl2N2O. The van der Waals surface area contributed by atoms with Gasteiger partial charge in [0.2, 0.25) is 0 Å². The number of hydrogen-bond donors (Lipinski definition) is 1. The molecule has 0 fully saturated rings. The summed E-state index contributed by atoms with van der Waals surface area (Å²) >= 11 is 11.9. The maximum absolute atomic E-state index is 6.05. The van der Waals surface area contributed by atoms with E-state index in [4.69, 9.17) is 27.9 Å². The highest BCUT2D eigenvalue weighted by Gasteiger charge is 2.00. The molecule has 20 heavy (non-hydrogen) atoms. The van der Waals surface area contributed by atoms with Gasteiger partial charge in [-0.2, -0.15) is 5.10 Å². The second-order valence-corrected chi connectivity index (χ2v) is 4.91. The summed E-state index contributed by atoms with van der Waals surface area (Å²) < 4.78 is 5.27. The van der Waals surface area contributed by atoms with Crippen LogP contribution in [0.1, 0.15) is 11.1 Å². The average molecular weight is 309 g/mol. The van der Waals surface area contributed by atoms with Gasteiger partial charge < -0.3 is 10.2 Å². The van der Waals surface area contributed by atoms with Gasteiger partial charge in [0, 0.05) is 16.1 Å². The maximum Gasteiger partial charge on any atom is 0.123 e. The van der Waals surface area contributed by atoms with E-state index in [0.717, 1.165) is 16.9 Å².